The van der Waals surface area contributed by atoms with E-state index in [1.54, 1.807) is 12.1 Å². The van der Waals surface area contributed by atoms with Crippen molar-refractivity contribution in [2.45, 2.75) is 19.8 Å². The number of aryl methyl sites for hydroxylation is 2. The van der Waals surface area contributed by atoms with Crippen molar-refractivity contribution >= 4 is 22.7 Å². The number of nitrogens with one attached hydrogen (secondary N) is 1. The lowest BCUT2D eigenvalue weighted by molar-refractivity contribution is -0.116. The Balaban J connectivity index is 1.67. The van der Waals surface area contributed by atoms with E-state index >= 15 is 0 Å². The Kier molecular flexibility index (Phi) is 5.49. The highest BCUT2D eigenvalue weighted by Crippen LogP contribution is 2.39. The number of nitrogens with zero attached hydrogens (tertiary/aromatic N) is 1. The Labute approximate surface area is 157 Å². The molecule has 0 fully saturated rings. The van der Waals surface area contributed by atoms with Crippen LogP contribution in [0.5, 0.6) is 17.2 Å². The largest absolute Gasteiger partial charge is 0.493 e. The first kappa shape index (κ1) is 18.6. The van der Waals surface area contributed by atoms with Crippen LogP contribution in [0.3, 0.4) is 0 Å². The minimum atomic E-state index is -0.110. The number of aromatic nitrogens is 1. The van der Waals surface area contributed by atoms with Gasteiger partial charge in [-0.15, -0.1) is 0 Å². The van der Waals surface area contributed by atoms with Crippen molar-refractivity contribution in [2.75, 3.05) is 26.6 Å². The first-order valence-corrected chi connectivity index (χ1v) is 8.50. The minimum absolute atomic E-state index is 0.110. The summed E-state index contributed by atoms with van der Waals surface area (Å²) in [6, 6.07) is 9.16. The number of carbonyl (C=O) groups excluding carboxylic acids is 1. The van der Waals surface area contributed by atoms with Gasteiger partial charge in [-0.3, -0.25) is 4.79 Å². The van der Waals surface area contributed by atoms with Crippen LogP contribution in [0, 0.1) is 6.92 Å². The highest BCUT2D eigenvalue weighted by molar-refractivity contribution is 5.91. The van der Waals surface area contributed by atoms with Crippen molar-refractivity contribution in [1.29, 1.82) is 0 Å². The first-order chi connectivity index (χ1) is 13.0. The predicted molar refractivity (Wildman–Crippen MR) is 102 cm³/mol. The number of hydrogen-bond donors (Lipinski definition) is 1. The fourth-order valence-electron chi connectivity index (χ4n) is 2.88. The van der Waals surface area contributed by atoms with Gasteiger partial charge in [-0.05, 0) is 24.1 Å². The molecule has 3 rings (SSSR count). The Hall–Kier alpha value is -3.22. The Morgan fingerprint density at radius 2 is 1.78 bits per heavy atom. The molecule has 7 heteroatoms. The third-order valence-electron chi connectivity index (χ3n) is 4.15. The minimum Gasteiger partial charge on any atom is -0.493 e. The van der Waals surface area contributed by atoms with Crippen molar-refractivity contribution in [3.63, 3.8) is 0 Å². The topological polar surface area (TPSA) is 82.8 Å². The van der Waals surface area contributed by atoms with Crippen molar-refractivity contribution < 1.29 is 23.4 Å². The molecule has 0 unspecified atom stereocenters. The van der Waals surface area contributed by atoms with Crippen LogP contribution >= 0.6 is 0 Å². The predicted octanol–water partition coefficient (Wildman–Crippen LogP) is 3.73. The number of ether oxygens (including phenoxy) is 3. The van der Waals surface area contributed by atoms with Gasteiger partial charge in [0, 0.05) is 31.2 Å². The van der Waals surface area contributed by atoms with Crippen molar-refractivity contribution in [3.05, 3.63) is 41.8 Å². The van der Waals surface area contributed by atoms with Gasteiger partial charge in [-0.25, -0.2) is 4.98 Å². The molecule has 0 aliphatic heterocycles. The summed E-state index contributed by atoms with van der Waals surface area (Å²) in [7, 11) is 4.60. The van der Waals surface area contributed by atoms with Crippen LogP contribution in [0.1, 0.15) is 17.9 Å². The van der Waals surface area contributed by atoms with Gasteiger partial charge in [0.2, 0.25) is 11.7 Å². The summed E-state index contributed by atoms with van der Waals surface area (Å²) in [4.78, 5) is 16.7. The highest BCUT2D eigenvalue weighted by atomic mass is 16.5. The zero-order chi connectivity index (χ0) is 19.4. The number of fused-ring (bicyclic) bond motifs is 1. The summed E-state index contributed by atoms with van der Waals surface area (Å²) in [6.07, 6.45) is 0.928. The second-order valence-electron chi connectivity index (χ2n) is 6.00. The summed E-state index contributed by atoms with van der Waals surface area (Å²) in [6.45, 7) is 1.81. The van der Waals surface area contributed by atoms with E-state index in [9.17, 15) is 4.79 Å². The molecule has 0 saturated carbocycles. The Morgan fingerprint density at radius 1 is 1.07 bits per heavy atom. The third kappa shape index (κ3) is 4.13. The van der Waals surface area contributed by atoms with Crippen LogP contribution in [0.2, 0.25) is 0 Å². The van der Waals surface area contributed by atoms with Crippen molar-refractivity contribution in [3.8, 4) is 17.2 Å². The summed E-state index contributed by atoms with van der Waals surface area (Å²) >= 11 is 0. The molecule has 7 nitrogen and oxygen atoms in total. The maximum atomic E-state index is 12.3. The third-order valence-corrected chi connectivity index (χ3v) is 4.15. The molecular weight excluding hydrogens is 348 g/mol. The van der Waals surface area contributed by atoms with Crippen LogP contribution in [-0.4, -0.2) is 32.2 Å². The number of rotatable bonds is 7. The van der Waals surface area contributed by atoms with Crippen LogP contribution in [0.4, 0.5) is 5.69 Å². The number of carbonyl (C=O) groups is 1. The van der Waals surface area contributed by atoms with Gasteiger partial charge in [0.25, 0.3) is 0 Å². The average Bonchev–Trinajstić information content (AvgIpc) is 3.04. The lowest BCUT2D eigenvalue weighted by Gasteiger charge is -2.14. The lowest BCUT2D eigenvalue weighted by Crippen LogP contribution is -2.12. The quantitative estimate of drug-likeness (QED) is 0.682. The van der Waals surface area contributed by atoms with Gasteiger partial charge >= 0.3 is 0 Å². The number of hydrogen-bond acceptors (Lipinski definition) is 6. The molecule has 0 aliphatic rings. The first-order valence-electron chi connectivity index (χ1n) is 8.50. The van der Waals surface area contributed by atoms with E-state index < -0.39 is 0 Å². The number of amides is 1. The van der Waals surface area contributed by atoms with Gasteiger partial charge in [0.15, 0.2) is 23.0 Å². The lowest BCUT2D eigenvalue weighted by atomic mass is 10.1. The van der Waals surface area contributed by atoms with Crippen molar-refractivity contribution in [2.24, 2.45) is 0 Å². The maximum Gasteiger partial charge on any atom is 0.224 e. The smallest absolute Gasteiger partial charge is 0.224 e. The van der Waals surface area contributed by atoms with Gasteiger partial charge in [-0.2, -0.15) is 0 Å². The molecule has 3 aromatic rings. The summed E-state index contributed by atoms with van der Waals surface area (Å²) in [5, 5.41) is 2.87. The molecular formula is C20H22N2O5. The maximum absolute atomic E-state index is 12.3. The van der Waals surface area contributed by atoms with Gasteiger partial charge in [0.1, 0.15) is 5.52 Å². The van der Waals surface area contributed by atoms with E-state index in [2.05, 4.69) is 10.3 Å². The Bertz CT molecular complexity index is 939. The normalized spacial score (nSPS) is 10.7. The number of methoxy groups -OCH3 is 3. The molecule has 0 bridgehead atoms. The monoisotopic (exact) mass is 370 g/mol. The zero-order valence-electron chi connectivity index (χ0n) is 15.8. The zero-order valence-corrected chi connectivity index (χ0v) is 15.8. The number of anilines is 1. The second-order valence-corrected chi connectivity index (χ2v) is 6.00. The van der Waals surface area contributed by atoms with E-state index in [0.29, 0.717) is 41.7 Å². The molecule has 1 aromatic heterocycles. The highest BCUT2D eigenvalue weighted by Gasteiger charge is 2.14. The number of oxazole rings is 1. The summed E-state index contributed by atoms with van der Waals surface area (Å²) < 4.78 is 21.4. The second kappa shape index (κ2) is 7.99. The molecule has 142 valence electrons. The van der Waals surface area contributed by atoms with E-state index in [1.165, 1.54) is 21.3 Å². The van der Waals surface area contributed by atoms with E-state index in [1.807, 2.05) is 25.1 Å². The van der Waals surface area contributed by atoms with E-state index in [4.69, 9.17) is 18.6 Å². The fourth-order valence-corrected chi connectivity index (χ4v) is 2.88. The van der Waals surface area contributed by atoms with Crippen LogP contribution < -0.4 is 19.5 Å². The van der Waals surface area contributed by atoms with E-state index in [0.717, 1.165) is 16.7 Å². The molecule has 1 amide bonds. The van der Waals surface area contributed by atoms with Gasteiger partial charge < -0.3 is 23.9 Å². The summed E-state index contributed by atoms with van der Waals surface area (Å²) in [5.74, 6) is 1.97. The average molecular weight is 370 g/mol. The molecule has 0 spiro atoms. The van der Waals surface area contributed by atoms with Gasteiger partial charge in [-0.1, -0.05) is 6.07 Å². The molecule has 2 aromatic carbocycles. The SMILES string of the molecule is COc1cc(NC(=O)CCc2ccc3oc(C)nc3c2)cc(OC)c1OC. The Morgan fingerprint density at radius 3 is 2.41 bits per heavy atom. The van der Waals surface area contributed by atoms with Gasteiger partial charge in [0.05, 0.1) is 21.3 Å². The molecule has 0 radical (unpaired) electrons. The standard InChI is InChI=1S/C20H22N2O5/c1-12-21-15-9-13(5-7-16(15)27-12)6-8-19(23)22-14-10-17(24-2)20(26-4)18(11-14)25-3/h5,7,9-11H,6,8H2,1-4H3,(H,22,23). The molecule has 0 saturated heterocycles. The molecule has 0 aliphatic carbocycles. The molecule has 27 heavy (non-hydrogen) atoms. The molecule has 0 atom stereocenters. The molecule has 1 N–H and O–H groups in total. The molecule has 1 heterocycles. The van der Waals surface area contributed by atoms with Crippen LogP contribution in [0.25, 0.3) is 11.1 Å². The summed E-state index contributed by atoms with van der Waals surface area (Å²) in [5.41, 5.74) is 3.15. The van der Waals surface area contributed by atoms with Crippen LogP contribution in [0.15, 0.2) is 34.7 Å². The van der Waals surface area contributed by atoms with Crippen LogP contribution in [-0.2, 0) is 11.2 Å². The number of benzene rings is 2. The fraction of sp³-hybridized carbons (Fsp3) is 0.300. The van der Waals surface area contributed by atoms with Crippen molar-refractivity contribution in [1.82, 2.24) is 4.98 Å². The van der Waals surface area contributed by atoms with E-state index in [-0.39, 0.29) is 5.91 Å².